The van der Waals surface area contributed by atoms with Crippen LogP contribution in [-0.2, 0) is 24.2 Å². The van der Waals surface area contributed by atoms with Gasteiger partial charge in [-0.25, -0.2) is 0 Å². The Morgan fingerprint density at radius 1 is 0.909 bits per heavy atom. The third kappa shape index (κ3) is 5.00. The fourth-order valence-corrected chi connectivity index (χ4v) is 4.04. The minimum absolute atomic E-state index is 0.00314. The van der Waals surface area contributed by atoms with E-state index in [1.807, 2.05) is 66.4 Å². The van der Waals surface area contributed by atoms with Crippen molar-refractivity contribution < 1.29 is 19.1 Å². The fourth-order valence-electron chi connectivity index (χ4n) is 4.04. The minimum Gasteiger partial charge on any atom is -0.493 e. The van der Waals surface area contributed by atoms with Gasteiger partial charge >= 0.3 is 0 Å². The van der Waals surface area contributed by atoms with Gasteiger partial charge in [-0.2, -0.15) is 0 Å². The molecule has 4 rings (SSSR count). The molecule has 3 aromatic carbocycles. The number of hydrogen-bond donors (Lipinski definition) is 1. The molecule has 170 valence electrons. The molecule has 1 heterocycles. The zero-order valence-corrected chi connectivity index (χ0v) is 19.2. The van der Waals surface area contributed by atoms with Gasteiger partial charge in [0.2, 0.25) is 5.91 Å². The lowest BCUT2D eigenvalue weighted by molar-refractivity contribution is -0.120. The molecule has 2 amide bonds. The van der Waals surface area contributed by atoms with E-state index in [-0.39, 0.29) is 18.2 Å². The largest absolute Gasteiger partial charge is 0.493 e. The first-order valence-corrected chi connectivity index (χ1v) is 11.0. The number of fused-ring (bicyclic) bond motifs is 1. The summed E-state index contributed by atoms with van der Waals surface area (Å²) in [4.78, 5) is 27.4. The number of hydrogen-bond acceptors (Lipinski definition) is 4. The van der Waals surface area contributed by atoms with Crippen molar-refractivity contribution in [3.05, 3.63) is 88.5 Å². The van der Waals surface area contributed by atoms with Crippen LogP contribution in [-0.4, -0.2) is 32.6 Å². The van der Waals surface area contributed by atoms with E-state index in [0.717, 1.165) is 34.4 Å². The highest BCUT2D eigenvalue weighted by atomic mass is 16.5. The average Bonchev–Trinajstić information content (AvgIpc) is 3.26. The monoisotopic (exact) mass is 444 g/mol. The lowest BCUT2D eigenvalue weighted by Gasteiger charge is -2.18. The number of ether oxygens (including phenoxy) is 2. The number of aryl methyl sites for hydroxylation is 1. The molecule has 0 saturated heterocycles. The molecular weight excluding hydrogens is 416 g/mol. The standard InChI is InChI=1S/C27H28N2O4/c1-18-4-8-22(9-5-18)27(31)29-13-12-21-10-6-20(14-23(21)29)17-28-26(30)16-19-7-11-24(32-2)25(15-19)33-3/h4-11,14-15H,12-13,16-17H2,1-3H3,(H,28,30). The molecule has 1 aliphatic rings. The summed E-state index contributed by atoms with van der Waals surface area (Å²) in [6.45, 7) is 3.06. The Hall–Kier alpha value is -3.80. The molecule has 0 saturated carbocycles. The molecule has 6 nitrogen and oxygen atoms in total. The van der Waals surface area contributed by atoms with E-state index in [9.17, 15) is 9.59 Å². The molecule has 3 aromatic rings. The zero-order valence-electron chi connectivity index (χ0n) is 19.2. The summed E-state index contributed by atoms with van der Waals surface area (Å²) < 4.78 is 10.6. The minimum atomic E-state index is -0.0877. The topological polar surface area (TPSA) is 67.9 Å². The van der Waals surface area contributed by atoms with Crippen LogP contribution in [0, 0.1) is 6.92 Å². The Morgan fingerprint density at radius 2 is 1.64 bits per heavy atom. The van der Waals surface area contributed by atoms with Gasteiger partial charge in [-0.15, -0.1) is 0 Å². The lowest BCUT2D eigenvalue weighted by atomic mass is 10.1. The summed E-state index contributed by atoms with van der Waals surface area (Å²) in [6.07, 6.45) is 1.07. The highest BCUT2D eigenvalue weighted by Gasteiger charge is 2.25. The molecule has 33 heavy (non-hydrogen) atoms. The molecule has 0 fully saturated rings. The number of nitrogens with one attached hydrogen (secondary N) is 1. The van der Waals surface area contributed by atoms with Crippen LogP contribution in [0.2, 0.25) is 0 Å². The summed E-state index contributed by atoms with van der Waals surface area (Å²) in [5.74, 6) is 1.14. The van der Waals surface area contributed by atoms with Crippen LogP contribution in [0.25, 0.3) is 0 Å². The highest BCUT2D eigenvalue weighted by Crippen LogP contribution is 2.31. The Bertz CT molecular complexity index is 1170. The first-order chi connectivity index (χ1) is 16.0. The molecule has 1 aliphatic heterocycles. The third-order valence-electron chi connectivity index (χ3n) is 5.89. The first-order valence-electron chi connectivity index (χ1n) is 11.0. The number of amides is 2. The SMILES string of the molecule is COc1ccc(CC(=O)NCc2ccc3c(c2)N(C(=O)c2ccc(C)cc2)CC3)cc1OC. The van der Waals surface area contributed by atoms with Crippen molar-refractivity contribution in [1.82, 2.24) is 5.32 Å². The van der Waals surface area contributed by atoms with Crippen molar-refractivity contribution in [3.8, 4) is 11.5 Å². The van der Waals surface area contributed by atoms with Gasteiger partial charge in [0, 0.05) is 24.3 Å². The summed E-state index contributed by atoms with van der Waals surface area (Å²) in [5, 5.41) is 2.97. The second-order valence-electron chi connectivity index (χ2n) is 8.18. The predicted molar refractivity (Wildman–Crippen MR) is 128 cm³/mol. The molecule has 0 aromatic heterocycles. The van der Waals surface area contributed by atoms with Crippen LogP contribution in [0.3, 0.4) is 0 Å². The second kappa shape index (κ2) is 9.77. The zero-order chi connectivity index (χ0) is 23.4. The van der Waals surface area contributed by atoms with Crippen LogP contribution in [0.15, 0.2) is 60.7 Å². The number of carbonyl (C=O) groups excluding carboxylic acids is 2. The number of nitrogens with zero attached hydrogens (tertiary/aromatic N) is 1. The highest BCUT2D eigenvalue weighted by molar-refractivity contribution is 6.07. The van der Waals surface area contributed by atoms with Crippen LogP contribution >= 0.6 is 0 Å². The van der Waals surface area contributed by atoms with E-state index in [0.29, 0.717) is 30.2 Å². The molecule has 0 bridgehead atoms. The number of methoxy groups -OCH3 is 2. The maximum atomic E-state index is 13.0. The van der Waals surface area contributed by atoms with Crippen LogP contribution in [0.5, 0.6) is 11.5 Å². The molecule has 6 heteroatoms. The van der Waals surface area contributed by atoms with Gasteiger partial charge in [0.05, 0.1) is 20.6 Å². The summed E-state index contributed by atoms with van der Waals surface area (Å²) in [5.41, 5.74) is 5.68. The molecule has 0 aliphatic carbocycles. The van der Waals surface area contributed by atoms with E-state index in [1.165, 1.54) is 0 Å². The number of benzene rings is 3. The number of rotatable bonds is 7. The van der Waals surface area contributed by atoms with Gasteiger partial charge in [-0.1, -0.05) is 35.9 Å². The molecule has 0 spiro atoms. The van der Waals surface area contributed by atoms with Gasteiger partial charge < -0.3 is 19.7 Å². The van der Waals surface area contributed by atoms with E-state index in [1.54, 1.807) is 20.3 Å². The van der Waals surface area contributed by atoms with Gasteiger partial charge in [0.15, 0.2) is 11.5 Å². The molecule has 1 N–H and O–H groups in total. The van der Waals surface area contributed by atoms with Crippen molar-refractivity contribution in [1.29, 1.82) is 0 Å². The number of anilines is 1. The van der Waals surface area contributed by atoms with Gasteiger partial charge in [0.1, 0.15) is 0 Å². The molecule has 0 atom stereocenters. The summed E-state index contributed by atoms with van der Waals surface area (Å²) in [7, 11) is 3.15. The molecular formula is C27H28N2O4. The van der Waals surface area contributed by atoms with Crippen molar-refractivity contribution in [2.45, 2.75) is 26.3 Å². The quantitative estimate of drug-likeness (QED) is 0.597. The molecule has 0 unspecified atom stereocenters. The van der Waals surface area contributed by atoms with Crippen molar-refractivity contribution in [3.63, 3.8) is 0 Å². The normalized spacial score (nSPS) is 12.3. The maximum absolute atomic E-state index is 13.0. The Kier molecular flexibility index (Phi) is 6.63. The van der Waals surface area contributed by atoms with Crippen LogP contribution < -0.4 is 19.7 Å². The van der Waals surface area contributed by atoms with Gasteiger partial charge in [-0.3, -0.25) is 9.59 Å². The third-order valence-corrected chi connectivity index (χ3v) is 5.89. The lowest BCUT2D eigenvalue weighted by Crippen LogP contribution is -2.29. The van der Waals surface area contributed by atoms with E-state index in [4.69, 9.17) is 9.47 Å². The summed E-state index contributed by atoms with van der Waals surface area (Å²) in [6, 6.07) is 19.2. The van der Waals surface area contributed by atoms with Crippen molar-refractivity contribution in [2.75, 3.05) is 25.7 Å². The number of carbonyl (C=O) groups is 2. The van der Waals surface area contributed by atoms with Crippen molar-refractivity contribution in [2.24, 2.45) is 0 Å². The Balaban J connectivity index is 1.41. The fraction of sp³-hybridized carbons (Fsp3) is 0.259. The van der Waals surface area contributed by atoms with E-state index < -0.39 is 0 Å². The van der Waals surface area contributed by atoms with Gasteiger partial charge in [0.25, 0.3) is 5.91 Å². The van der Waals surface area contributed by atoms with Crippen molar-refractivity contribution >= 4 is 17.5 Å². The Labute approximate surface area is 194 Å². The van der Waals surface area contributed by atoms with E-state index in [2.05, 4.69) is 5.32 Å². The van der Waals surface area contributed by atoms with E-state index >= 15 is 0 Å². The van der Waals surface area contributed by atoms with Crippen LogP contribution in [0.4, 0.5) is 5.69 Å². The smallest absolute Gasteiger partial charge is 0.258 e. The second-order valence-corrected chi connectivity index (χ2v) is 8.18. The Morgan fingerprint density at radius 3 is 2.36 bits per heavy atom. The maximum Gasteiger partial charge on any atom is 0.258 e. The first kappa shape index (κ1) is 22.4. The molecule has 0 radical (unpaired) electrons. The van der Waals surface area contributed by atoms with Gasteiger partial charge in [-0.05, 0) is 60.4 Å². The predicted octanol–water partition coefficient (Wildman–Crippen LogP) is 4.07. The van der Waals surface area contributed by atoms with Crippen LogP contribution in [0.1, 0.15) is 32.6 Å². The average molecular weight is 445 g/mol. The summed E-state index contributed by atoms with van der Waals surface area (Å²) >= 11 is 0.